The summed E-state index contributed by atoms with van der Waals surface area (Å²) >= 11 is 1.17. The maximum atomic E-state index is 12.8. The highest BCUT2D eigenvalue weighted by Crippen LogP contribution is 2.19. The Labute approximate surface area is 120 Å². The summed E-state index contributed by atoms with van der Waals surface area (Å²) in [5.74, 6) is -0.600. The first-order valence-electron chi connectivity index (χ1n) is 6.14. The van der Waals surface area contributed by atoms with Gasteiger partial charge in [-0.3, -0.25) is 9.59 Å². The fraction of sp³-hybridized carbons (Fsp3) is 0.200. The molecule has 2 rings (SSSR count). The van der Waals surface area contributed by atoms with E-state index in [1.54, 1.807) is 24.3 Å². The summed E-state index contributed by atoms with van der Waals surface area (Å²) in [5.41, 5.74) is 0.822. The lowest BCUT2D eigenvalue weighted by Crippen LogP contribution is -2.25. The number of carbonyl (C=O) groups is 2. The van der Waals surface area contributed by atoms with Gasteiger partial charge in [-0.05, 0) is 43.7 Å². The number of benzene rings is 1. The molecular weight excluding hydrogens is 277 g/mol. The number of hydrogen-bond acceptors (Lipinski definition) is 3. The average molecular weight is 291 g/mol. The van der Waals surface area contributed by atoms with Crippen molar-refractivity contribution in [1.29, 1.82) is 0 Å². The smallest absolute Gasteiger partial charge is 0.261 e. The minimum absolute atomic E-state index is 0.0550. The van der Waals surface area contributed by atoms with E-state index in [1.807, 2.05) is 6.92 Å². The van der Waals surface area contributed by atoms with E-state index in [0.717, 1.165) is 5.56 Å². The van der Waals surface area contributed by atoms with Crippen LogP contribution in [0.15, 0.2) is 36.4 Å². The fourth-order valence-corrected chi connectivity index (χ4v) is 2.56. The normalized spacial score (nSPS) is 11.9. The van der Waals surface area contributed by atoms with E-state index in [9.17, 15) is 14.0 Å². The maximum absolute atomic E-state index is 12.8. The Morgan fingerprint density at radius 3 is 2.25 bits per heavy atom. The summed E-state index contributed by atoms with van der Waals surface area (Å²) in [6.45, 7) is 3.29. The Balaban J connectivity index is 2.06. The van der Waals surface area contributed by atoms with E-state index in [2.05, 4.69) is 5.32 Å². The summed E-state index contributed by atoms with van der Waals surface area (Å²) in [4.78, 5) is 24.3. The van der Waals surface area contributed by atoms with Crippen LogP contribution in [0.5, 0.6) is 0 Å². The molecule has 0 spiro atoms. The Hall–Kier alpha value is -2.01. The van der Waals surface area contributed by atoms with Gasteiger partial charge in [-0.15, -0.1) is 11.3 Å². The molecule has 1 heterocycles. The first-order chi connectivity index (χ1) is 9.47. The topological polar surface area (TPSA) is 46.2 Å². The van der Waals surface area contributed by atoms with Crippen LogP contribution < -0.4 is 5.32 Å². The zero-order valence-corrected chi connectivity index (χ0v) is 12.0. The molecule has 20 heavy (non-hydrogen) atoms. The minimum Gasteiger partial charge on any atom is -0.345 e. The third-order valence-corrected chi connectivity index (χ3v) is 4.08. The molecule has 1 N–H and O–H groups in total. The molecule has 0 bridgehead atoms. The Kier molecular flexibility index (Phi) is 4.29. The van der Waals surface area contributed by atoms with E-state index >= 15 is 0 Å². The number of amides is 1. The van der Waals surface area contributed by atoms with Crippen LogP contribution in [0.25, 0.3) is 0 Å². The van der Waals surface area contributed by atoms with Gasteiger partial charge >= 0.3 is 0 Å². The van der Waals surface area contributed by atoms with Gasteiger partial charge in [0.1, 0.15) is 5.82 Å². The van der Waals surface area contributed by atoms with Gasteiger partial charge in [-0.1, -0.05) is 12.1 Å². The molecule has 3 nitrogen and oxygen atoms in total. The van der Waals surface area contributed by atoms with E-state index in [-0.39, 0.29) is 23.5 Å². The predicted octanol–water partition coefficient (Wildman–Crippen LogP) is 3.58. The lowest BCUT2D eigenvalue weighted by molar-refractivity contribution is 0.0943. The van der Waals surface area contributed by atoms with Crippen LogP contribution in [-0.2, 0) is 0 Å². The zero-order valence-electron chi connectivity index (χ0n) is 11.1. The second kappa shape index (κ2) is 5.96. The van der Waals surface area contributed by atoms with Crippen LogP contribution in [0.4, 0.5) is 4.39 Å². The fourth-order valence-electron chi connectivity index (χ4n) is 1.75. The second-order valence-corrected chi connectivity index (χ2v) is 5.55. The third kappa shape index (κ3) is 3.30. The van der Waals surface area contributed by atoms with Gasteiger partial charge in [0, 0.05) is 0 Å². The lowest BCUT2D eigenvalue weighted by Gasteiger charge is -2.13. The predicted molar refractivity (Wildman–Crippen MR) is 76.6 cm³/mol. The number of halogens is 1. The molecule has 1 atom stereocenters. The number of Topliss-reactive ketones (excluding diaryl/α,β-unsaturated/α-hetero) is 1. The van der Waals surface area contributed by atoms with Crippen molar-refractivity contribution in [3.05, 3.63) is 57.5 Å². The van der Waals surface area contributed by atoms with Crippen LogP contribution in [0.2, 0.25) is 0 Å². The summed E-state index contributed by atoms with van der Waals surface area (Å²) in [7, 11) is 0. The summed E-state index contributed by atoms with van der Waals surface area (Å²) in [5, 5.41) is 2.82. The largest absolute Gasteiger partial charge is 0.345 e. The highest BCUT2D eigenvalue weighted by molar-refractivity contribution is 7.15. The van der Waals surface area contributed by atoms with Crippen molar-refractivity contribution in [2.24, 2.45) is 0 Å². The second-order valence-electron chi connectivity index (χ2n) is 4.47. The van der Waals surface area contributed by atoms with E-state index < -0.39 is 0 Å². The van der Waals surface area contributed by atoms with Gasteiger partial charge < -0.3 is 5.32 Å². The molecule has 0 aliphatic heterocycles. The SMILES string of the molecule is CC(=O)c1ccc(C(=O)N[C@H](C)c2ccc(F)cc2)s1. The van der Waals surface area contributed by atoms with Crippen molar-refractivity contribution < 1.29 is 14.0 Å². The number of carbonyl (C=O) groups excluding carboxylic acids is 2. The third-order valence-electron chi connectivity index (χ3n) is 2.89. The van der Waals surface area contributed by atoms with Gasteiger partial charge in [0.2, 0.25) is 0 Å². The van der Waals surface area contributed by atoms with Crippen LogP contribution in [-0.4, -0.2) is 11.7 Å². The zero-order chi connectivity index (χ0) is 14.7. The molecule has 1 aromatic carbocycles. The van der Waals surface area contributed by atoms with Crippen LogP contribution in [0.3, 0.4) is 0 Å². The van der Waals surface area contributed by atoms with Crippen molar-refractivity contribution in [3.63, 3.8) is 0 Å². The van der Waals surface area contributed by atoms with Gasteiger partial charge in [0.15, 0.2) is 5.78 Å². The lowest BCUT2D eigenvalue weighted by atomic mass is 10.1. The first kappa shape index (κ1) is 14.4. The highest BCUT2D eigenvalue weighted by Gasteiger charge is 2.14. The van der Waals surface area contributed by atoms with Crippen molar-refractivity contribution in [3.8, 4) is 0 Å². The molecule has 0 unspecified atom stereocenters. The molecule has 0 saturated heterocycles. The molecule has 0 aliphatic carbocycles. The Morgan fingerprint density at radius 2 is 1.70 bits per heavy atom. The van der Waals surface area contributed by atoms with Gasteiger partial charge in [0.25, 0.3) is 5.91 Å². The Bertz CT molecular complexity index is 634. The van der Waals surface area contributed by atoms with Crippen LogP contribution in [0.1, 0.15) is 44.8 Å². The molecule has 5 heteroatoms. The molecule has 1 amide bonds. The number of nitrogens with one attached hydrogen (secondary N) is 1. The molecule has 104 valence electrons. The maximum Gasteiger partial charge on any atom is 0.261 e. The first-order valence-corrected chi connectivity index (χ1v) is 6.96. The molecule has 0 aliphatic rings. The molecule has 1 aromatic heterocycles. The molecular formula is C15H14FNO2S. The van der Waals surface area contributed by atoms with E-state index in [4.69, 9.17) is 0 Å². The van der Waals surface area contributed by atoms with Crippen molar-refractivity contribution in [2.75, 3.05) is 0 Å². The van der Waals surface area contributed by atoms with Gasteiger partial charge in [0.05, 0.1) is 15.8 Å². The Morgan fingerprint density at radius 1 is 1.10 bits per heavy atom. The highest BCUT2D eigenvalue weighted by atomic mass is 32.1. The van der Waals surface area contributed by atoms with Crippen molar-refractivity contribution >= 4 is 23.0 Å². The average Bonchev–Trinajstić information content (AvgIpc) is 2.89. The van der Waals surface area contributed by atoms with Gasteiger partial charge in [-0.25, -0.2) is 4.39 Å². The van der Waals surface area contributed by atoms with E-state index in [0.29, 0.717) is 9.75 Å². The molecule has 2 aromatic rings. The molecule has 0 fully saturated rings. The molecule has 0 saturated carbocycles. The minimum atomic E-state index is -0.309. The summed E-state index contributed by atoms with van der Waals surface area (Å²) in [6, 6.07) is 9.03. The van der Waals surface area contributed by atoms with Crippen LogP contribution >= 0.6 is 11.3 Å². The van der Waals surface area contributed by atoms with Crippen molar-refractivity contribution in [1.82, 2.24) is 5.32 Å². The number of thiophene rings is 1. The van der Waals surface area contributed by atoms with Crippen LogP contribution in [0, 0.1) is 5.82 Å². The monoisotopic (exact) mass is 291 g/mol. The number of hydrogen-bond donors (Lipinski definition) is 1. The number of ketones is 1. The standard InChI is InChI=1S/C15H14FNO2S/c1-9(11-3-5-12(16)6-4-11)17-15(19)14-8-7-13(20-14)10(2)18/h3-9H,1-2H3,(H,17,19)/t9-/m1/s1. The quantitative estimate of drug-likeness (QED) is 0.875. The number of rotatable bonds is 4. The summed E-state index contributed by atoms with van der Waals surface area (Å²) in [6.07, 6.45) is 0. The van der Waals surface area contributed by atoms with Gasteiger partial charge in [-0.2, -0.15) is 0 Å². The molecule has 0 radical (unpaired) electrons. The van der Waals surface area contributed by atoms with E-state index in [1.165, 1.54) is 30.4 Å². The summed E-state index contributed by atoms with van der Waals surface area (Å²) < 4.78 is 12.8. The van der Waals surface area contributed by atoms with Crippen molar-refractivity contribution in [2.45, 2.75) is 19.9 Å².